The van der Waals surface area contributed by atoms with Gasteiger partial charge in [-0.25, -0.2) is 13.2 Å². The second-order valence-corrected chi connectivity index (χ2v) is 13.3. The molecule has 0 radical (unpaired) electrons. The van der Waals surface area contributed by atoms with Gasteiger partial charge in [-0.3, -0.25) is 25.0 Å². The van der Waals surface area contributed by atoms with Gasteiger partial charge in [0.15, 0.2) is 0 Å². The van der Waals surface area contributed by atoms with Crippen molar-refractivity contribution in [3.8, 4) is 0 Å². The lowest BCUT2D eigenvalue weighted by molar-refractivity contribution is -0.394. The Balaban J connectivity index is 1.59. The first-order valence-corrected chi connectivity index (χ1v) is 15.3. The molecular formula is C30H28N4O9S. The first-order valence-electron chi connectivity index (χ1n) is 13.9. The van der Waals surface area contributed by atoms with Crippen LogP contribution < -0.4 is 0 Å². The average molecular weight is 621 g/mol. The number of nitrogens with zero attached hydrogens (tertiary/aromatic N) is 4. The van der Waals surface area contributed by atoms with Crippen LogP contribution in [0.25, 0.3) is 0 Å². The zero-order valence-corrected chi connectivity index (χ0v) is 24.5. The van der Waals surface area contributed by atoms with Crippen LogP contribution in [0.15, 0.2) is 77.7 Å². The van der Waals surface area contributed by atoms with Gasteiger partial charge in [0.05, 0.1) is 45.6 Å². The number of aryl methyl sites for hydroxylation is 1. The summed E-state index contributed by atoms with van der Waals surface area (Å²) < 4.78 is 35.1. The monoisotopic (exact) mass is 620 g/mol. The number of likely N-dealkylation sites (tertiary alicyclic amines) is 1. The molecule has 0 bridgehead atoms. The summed E-state index contributed by atoms with van der Waals surface area (Å²) in [5.41, 5.74) is -1.92. The van der Waals surface area contributed by atoms with E-state index in [9.17, 15) is 38.2 Å². The third-order valence-electron chi connectivity index (χ3n) is 9.20. The number of ether oxygens (including phenoxy) is 1. The molecule has 1 aliphatic carbocycles. The zero-order chi connectivity index (χ0) is 31.6. The topological polar surface area (TPSA) is 170 Å². The zero-order valence-electron chi connectivity index (χ0n) is 23.7. The Bertz CT molecular complexity index is 1770. The van der Waals surface area contributed by atoms with Gasteiger partial charge in [-0.1, -0.05) is 48.0 Å². The number of hydrogen-bond acceptors (Lipinski definition) is 9. The number of carbonyl (C=O) groups is 2. The number of rotatable bonds is 7. The standard InChI is InChI=1S/C30H28N4O9S/c1-18-8-10-24(11-9-18)44(41,42)31-17-20-12-13-30(29(36)43-2)25(20)27(31)26(19-6-4-3-5-7-19)32(30)28(35)21-14-22(33(37)38)16-23(15-21)34(39)40/h3-11,14-16,20,25-27H,12-13,17H2,1-2H3/t20-,25-,26-,27+,30-/m1/s1. The molecule has 3 fully saturated rings. The van der Waals surface area contributed by atoms with E-state index in [-0.39, 0.29) is 29.3 Å². The minimum absolute atomic E-state index is 0.0673. The van der Waals surface area contributed by atoms with Gasteiger partial charge < -0.3 is 9.64 Å². The van der Waals surface area contributed by atoms with Crippen LogP contribution in [-0.2, 0) is 19.6 Å². The Morgan fingerprint density at radius 3 is 2.14 bits per heavy atom. The van der Waals surface area contributed by atoms with Crippen molar-refractivity contribution in [2.24, 2.45) is 11.8 Å². The molecular weight excluding hydrogens is 592 g/mol. The number of esters is 1. The molecule has 0 unspecified atom stereocenters. The highest BCUT2D eigenvalue weighted by Gasteiger charge is 2.74. The van der Waals surface area contributed by atoms with E-state index in [0.717, 1.165) is 23.8 Å². The van der Waals surface area contributed by atoms with Gasteiger partial charge in [0.1, 0.15) is 5.54 Å². The van der Waals surface area contributed by atoms with Crippen LogP contribution in [-0.4, -0.2) is 64.6 Å². The molecule has 2 heterocycles. The maximum Gasteiger partial charge on any atom is 0.332 e. The van der Waals surface area contributed by atoms with Gasteiger partial charge in [-0.05, 0) is 43.4 Å². The molecule has 3 aromatic carbocycles. The summed E-state index contributed by atoms with van der Waals surface area (Å²) >= 11 is 0. The van der Waals surface area contributed by atoms with Gasteiger partial charge in [0.2, 0.25) is 10.0 Å². The molecule has 0 aromatic heterocycles. The number of nitro groups is 2. The van der Waals surface area contributed by atoms with E-state index >= 15 is 0 Å². The molecule has 44 heavy (non-hydrogen) atoms. The molecule has 6 rings (SSSR count). The van der Waals surface area contributed by atoms with Crippen molar-refractivity contribution in [3.05, 3.63) is 110 Å². The predicted molar refractivity (Wildman–Crippen MR) is 155 cm³/mol. The lowest BCUT2D eigenvalue weighted by Crippen LogP contribution is -2.56. The SMILES string of the molecule is COC(=O)[C@@]12CC[C@@H]3CN(S(=O)(=O)c4ccc(C)cc4)[C@@H]([C@@H]31)[C@@H](c1ccccc1)N2C(=O)c1cc([N+](=O)[O-])cc([N+](=O)[O-])c1. The van der Waals surface area contributed by atoms with Crippen molar-refractivity contribution in [1.29, 1.82) is 0 Å². The minimum Gasteiger partial charge on any atom is -0.467 e. The average Bonchev–Trinajstić information content (AvgIpc) is 3.68. The van der Waals surface area contributed by atoms with Crippen LogP contribution >= 0.6 is 0 Å². The van der Waals surface area contributed by atoms with Crippen molar-refractivity contribution in [1.82, 2.24) is 9.21 Å². The summed E-state index contributed by atoms with van der Waals surface area (Å²) in [6, 6.07) is 15.8. The van der Waals surface area contributed by atoms with Crippen LogP contribution in [0.2, 0.25) is 0 Å². The van der Waals surface area contributed by atoms with Crippen molar-refractivity contribution in [2.75, 3.05) is 13.7 Å². The Labute approximate surface area is 252 Å². The van der Waals surface area contributed by atoms with Crippen LogP contribution in [0.5, 0.6) is 0 Å². The van der Waals surface area contributed by atoms with E-state index in [4.69, 9.17) is 4.74 Å². The fourth-order valence-corrected chi connectivity index (χ4v) is 9.17. The second kappa shape index (κ2) is 10.5. The molecule has 1 saturated carbocycles. The normalized spacial score (nSPS) is 25.9. The Hall–Kier alpha value is -4.69. The summed E-state index contributed by atoms with van der Waals surface area (Å²) in [5, 5.41) is 23.4. The van der Waals surface area contributed by atoms with E-state index in [1.807, 2.05) is 6.92 Å². The van der Waals surface area contributed by atoms with E-state index in [1.54, 1.807) is 42.5 Å². The lowest BCUT2D eigenvalue weighted by atomic mass is 9.82. The number of carbonyl (C=O) groups excluding carboxylic acids is 2. The van der Waals surface area contributed by atoms with Crippen LogP contribution in [0.3, 0.4) is 0 Å². The largest absolute Gasteiger partial charge is 0.467 e. The molecule has 0 N–H and O–H groups in total. The molecule has 228 valence electrons. The second-order valence-electron chi connectivity index (χ2n) is 11.4. The number of sulfonamides is 1. The quantitative estimate of drug-likeness (QED) is 0.215. The van der Waals surface area contributed by atoms with E-state index in [1.165, 1.54) is 28.4 Å². The number of nitro benzene ring substituents is 2. The molecule has 5 atom stereocenters. The lowest BCUT2D eigenvalue weighted by Gasteiger charge is -2.39. The smallest absolute Gasteiger partial charge is 0.332 e. The van der Waals surface area contributed by atoms with E-state index in [0.29, 0.717) is 12.0 Å². The molecule has 14 heteroatoms. The summed E-state index contributed by atoms with van der Waals surface area (Å²) in [7, 11) is -2.93. The first-order chi connectivity index (χ1) is 20.9. The highest BCUT2D eigenvalue weighted by Crippen LogP contribution is 2.63. The van der Waals surface area contributed by atoms with Gasteiger partial charge in [-0.2, -0.15) is 4.31 Å². The van der Waals surface area contributed by atoms with Gasteiger partial charge >= 0.3 is 5.97 Å². The highest BCUT2D eigenvalue weighted by atomic mass is 32.2. The Morgan fingerprint density at radius 1 is 0.955 bits per heavy atom. The number of methoxy groups -OCH3 is 1. The summed E-state index contributed by atoms with van der Waals surface area (Å²) in [5.74, 6) is -2.59. The first kappa shape index (κ1) is 29.4. The summed E-state index contributed by atoms with van der Waals surface area (Å²) in [4.78, 5) is 51.5. The highest BCUT2D eigenvalue weighted by molar-refractivity contribution is 7.89. The molecule has 0 spiro atoms. The maximum absolute atomic E-state index is 14.6. The van der Waals surface area contributed by atoms with Crippen molar-refractivity contribution in [2.45, 2.75) is 42.3 Å². The number of benzene rings is 3. The molecule has 2 aliphatic heterocycles. The van der Waals surface area contributed by atoms with Gasteiger partial charge in [0, 0.05) is 24.6 Å². The van der Waals surface area contributed by atoms with Crippen LogP contribution in [0.4, 0.5) is 11.4 Å². The maximum atomic E-state index is 14.6. The minimum atomic E-state index is -4.12. The fraction of sp³-hybridized carbons (Fsp3) is 0.333. The molecule has 2 saturated heterocycles. The van der Waals surface area contributed by atoms with E-state index < -0.39 is 66.7 Å². The molecule has 1 amide bonds. The van der Waals surface area contributed by atoms with Crippen LogP contribution in [0.1, 0.15) is 40.4 Å². The molecule has 3 aromatic rings. The van der Waals surface area contributed by atoms with Gasteiger partial charge in [-0.15, -0.1) is 0 Å². The Morgan fingerprint density at radius 2 is 1.57 bits per heavy atom. The fourth-order valence-electron chi connectivity index (χ4n) is 7.47. The third-order valence-corrected chi connectivity index (χ3v) is 11.1. The third kappa shape index (κ3) is 4.27. The molecule has 3 aliphatic rings. The number of amides is 1. The van der Waals surface area contributed by atoms with Crippen molar-refractivity contribution in [3.63, 3.8) is 0 Å². The molecule has 13 nitrogen and oxygen atoms in total. The van der Waals surface area contributed by atoms with Gasteiger partial charge in [0.25, 0.3) is 17.3 Å². The van der Waals surface area contributed by atoms with E-state index in [2.05, 4.69) is 0 Å². The predicted octanol–water partition coefficient (Wildman–Crippen LogP) is 4.02. The van der Waals surface area contributed by atoms with Crippen molar-refractivity contribution < 1.29 is 32.6 Å². The Kier molecular flexibility index (Phi) is 7.00. The number of hydrogen-bond donors (Lipinski definition) is 0. The van der Waals surface area contributed by atoms with Crippen LogP contribution in [0, 0.1) is 39.0 Å². The summed E-state index contributed by atoms with van der Waals surface area (Å²) in [6.07, 6.45) is 0.576. The van der Waals surface area contributed by atoms with Crippen molar-refractivity contribution >= 4 is 33.3 Å². The summed E-state index contributed by atoms with van der Waals surface area (Å²) in [6.45, 7) is 1.96. The number of non-ortho nitro benzene ring substituents is 2.